The predicted molar refractivity (Wildman–Crippen MR) is 113 cm³/mol. The van der Waals surface area contributed by atoms with Crippen LogP contribution in [-0.4, -0.2) is 39.0 Å². The molecule has 2 aromatic rings. The molecule has 4 rings (SSSR count). The van der Waals surface area contributed by atoms with E-state index >= 15 is 0 Å². The van der Waals surface area contributed by atoms with Gasteiger partial charge in [0.25, 0.3) is 11.8 Å². The molecule has 170 valence electrons. The molecule has 1 saturated heterocycles. The van der Waals surface area contributed by atoms with E-state index in [0.29, 0.717) is 12.1 Å². The average Bonchev–Trinajstić information content (AvgIpc) is 2.93. The Labute approximate surface area is 183 Å². The highest BCUT2D eigenvalue weighted by atomic mass is 19.1. The average molecular weight is 445 g/mol. The number of hydrogen-bond acceptors (Lipinski definition) is 4. The maximum Gasteiger partial charge on any atom is 0.274 e. The molecule has 2 N–H and O–H groups in total. The van der Waals surface area contributed by atoms with E-state index in [1.807, 2.05) is 6.92 Å². The van der Waals surface area contributed by atoms with E-state index in [2.05, 4.69) is 5.32 Å². The Bertz CT molecular complexity index is 1140. The van der Waals surface area contributed by atoms with Crippen molar-refractivity contribution in [1.82, 2.24) is 14.8 Å². The van der Waals surface area contributed by atoms with E-state index in [0.717, 1.165) is 37.8 Å². The number of nitrogens with zero attached hydrogens (tertiary/aromatic N) is 2. The minimum Gasteiger partial charge on any atom is -0.503 e. The molecule has 0 spiro atoms. The van der Waals surface area contributed by atoms with E-state index in [1.54, 1.807) is 11.8 Å². The lowest BCUT2D eigenvalue weighted by molar-refractivity contribution is 0.0583. The number of aromatic hydroxyl groups is 1. The van der Waals surface area contributed by atoms with Gasteiger partial charge in [0.15, 0.2) is 11.4 Å². The van der Waals surface area contributed by atoms with Crippen LogP contribution in [0.4, 0.5) is 8.78 Å². The van der Waals surface area contributed by atoms with E-state index in [1.165, 1.54) is 10.8 Å². The largest absolute Gasteiger partial charge is 0.503 e. The molecule has 0 saturated carbocycles. The highest BCUT2D eigenvalue weighted by molar-refractivity contribution is 5.99. The number of halogens is 2. The number of fused-ring (bicyclic) bond motifs is 4. The summed E-state index contributed by atoms with van der Waals surface area (Å²) < 4.78 is 29.7. The maximum atomic E-state index is 14.1. The number of hydrogen-bond donors (Lipinski definition) is 2. The van der Waals surface area contributed by atoms with Gasteiger partial charge in [-0.2, -0.15) is 0 Å². The Morgan fingerprint density at radius 1 is 1.22 bits per heavy atom. The van der Waals surface area contributed by atoms with E-state index in [-0.39, 0.29) is 28.9 Å². The van der Waals surface area contributed by atoms with Gasteiger partial charge in [-0.3, -0.25) is 14.4 Å². The first-order chi connectivity index (χ1) is 15.2. The number of aromatic nitrogens is 1. The van der Waals surface area contributed by atoms with Gasteiger partial charge >= 0.3 is 0 Å². The van der Waals surface area contributed by atoms with Gasteiger partial charge in [-0.1, -0.05) is 6.92 Å². The molecule has 2 bridgehead atoms. The van der Waals surface area contributed by atoms with Crippen LogP contribution < -0.4 is 10.7 Å². The SMILES string of the molecule is CC[C@H]1CCC[C@H]2CN1C(=O)c1c(O)c(=O)c(C(=O)NCc3c(F)cc(C)cc3F)cn12. The van der Waals surface area contributed by atoms with Gasteiger partial charge in [-0.15, -0.1) is 0 Å². The van der Waals surface area contributed by atoms with Gasteiger partial charge in [0.1, 0.15) is 17.2 Å². The summed E-state index contributed by atoms with van der Waals surface area (Å²) in [5.41, 5.74) is -1.40. The third kappa shape index (κ3) is 3.65. The summed E-state index contributed by atoms with van der Waals surface area (Å²) in [6.45, 7) is 3.51. The lowest BCUT2D eigenvalue weighted by atomic mass is 10.1. The van der Waals surface area contributed by atoms with Gasteiger partial charge in [-0.05, 0) is 50.3 Å². The molecule has 2 atom stereocenters. The molecular weight excluding hydrogens is 420 g/mol. The van der Waals surface area contributed by atoms with Crippen LogP contribution >= 0.6 is 0 Å². The first-order valence-corrected chi connectivity index (χ1v) is 10.7. The molecular formula is C23H25F2N3O4. The lowest BCUT2D eigenvalue weighted by Gasteiger charge is -2.38. The molecule has 32 heavy (non-hydrogen) atoms. The molecule has 0 unspecified atom stereocenters. The van der Waals surface area contributed by atoms with Crippen LogP contribution in [0.5, 0.6) is 5.75 Å². The predicted octanol–water partition coefficient (Wildman–Crippen LogP) is 3.03. The van der Waals surface area contributed by atoms with Crippen molar-refractivity contribution in [2.45, 2.75) is 58.2 Å². The van der Waals surface area contributed by atoms with Crippen molar-refractivity contribution in [2.75, 3.05) is 6.54 Å². The zero-order valence-corrected chi connectivity index (χ0v) is 18.0. The number of carbonyl (C=O) groups excluding carboxylic acids is 2. The van der Waals surface area contributed by atoms with E-state index < -0.39 is 41.2 Å². The number of benzene rings is 1. The molecule has 3 heterocycles. The molecule has 1 aromatic carbocycles. The van der Waals surface area contributed by atoms with Gasteiger partial charge < -0.3 is 19.9 Å². The third-order valence-electron chi connectivity index (χ3n) is 6.42. The number of nitrogens with one attached hydrogen (secondary N) is 1. The molecule has 2 aliphatic rings. The fraction of sp³-hybridized carbons (Fsp3) is 0.435. The summed E-state index contributed by atoms with van der Waals surface area (Å²) in [4.78, 5) is 40.2. The summed E-state index contributed by atoms with van der Waals surface area (Å²) in [6.07, 6.45) is 4.49. The molecule has 9 heteroatoms. The number of amides is 2. The van der Waals surface area contributed by atoms with Crippen molar-refractivity contribution >= 4 is 11.8 Å². The topological polar surface area (TPSA) is 91.6 Å². The molecule has 0 radical (unpaired) electrons. The smallest absolute Gasteiger partial charge is 0.274 e. The zero-order chi connectivity index (χ0) is 23.2. The minimum absolute atomic E-state index is 0.0398. The fourth-order valence-corrected chi connectivity index (χ4v) is 4.69. The Morgan fingerprint density at radius 2 is 1.91 bits per heavy atom. The molecule has 2 aliphatic heterocycles. The number of rotatable bonds is 4. The van der Waals surface area contributed by atoms with Crippen molar-refractivity contribution < 1.29 is 23.5 Å². The van der Waals surface area contributed by atoms with Gasteiger partial charge in [-0.25, -0.2) is 8.78 Å². The summed E-state index contributed by atoms with van der Waals surface area (Å²) in [5.74, 6) is -3.69. The standard InChI is InChI=1S/C23H25F2N3O4/c1-3-13-5-4-6-14-10-28(13)23(32)19-21(30)20(29)16(11-27(14)19)22(31)26-9-15-17(24)7-12(2)8-18(15)25/h7-8,11,13-14,30H,3-6,9-10H2,1-2H3,(H,26,31)/t13-,14-/m0/s1. The second-order valence-corrected chi connectivity index (χ2v) is 8.47. The molecule has 2 amide bonds. The van der Waals surface area contributed by atoms with Crippen LogP contribution in [0.3, 0.4) is 0 Å². The van der Waals surface area contributed by atoms with Gasteiger partial charge in [0.2, 0.25) is 5.43 Å². The number of aryl methyl sites for hydroxylation is 1. The summed E-state index contributed by atoms with van der Waals surface area (Å²) in [6, 6.07) is 2.16. The maximum absolute atomic E-state index is 14.1. The second kappa shape index (κ2) is 8.37. The first-order valence-electron chi connectivity index (χ1n) is 10.7. The second-order valence-electron chi connectivity index (χ2n) is 8.47. The van der Waals surface area contributed by atoms with Crippen molar-refractivity contribution in [3.63, 3.8) is 0 Å². The van der Waals surface area contributed by atoms with Crippen molar-refractivity contribution in [1.29, 1.82) is 0 Å². The zero-order valence-electron chi connectivity index (χ0n) is 18.0. The minimum atomic E-state index is -0.986. The van der Waals surface area contributed by atoms with Crippen molar-refractivity contribution in [3.8, 4) is 5.75 Å². The Morgan fingerprint density at radius 3 is 2.56 bits per heavy atom. The van der Waals surface area contributed by atoms with Gasteiger partial charge in [0.05, 0.1) is 6.04 Å². The summed E-state index contributed by atoms with van der Waals surface area (Å²) in [7, 11) is 0. The van der Waals surface area contributed by atoms with Crippen LogP contribution in [0.1, 0.15) is 70.6 Å². The Balaban J connectivity index is 1.67. The molecule has 0 aliphatic carbocycles. The Kier molecular flexibility index (Phi) is 5.75. The van der Waals surface area contributed by atoms with Crippen LogP contribution in [-0.2, 0) is 6.54 Å². The third-order valence-corrected chi connectivity index (χ3v) is 6.42. The number of carbonyl (C=O) groups is 2. The fourth-order valence-electron chi connectivity index (χ4n) is 4.69. The first kappa shape index (κ1) is 22.0. The van der Waals surface area contributed by atoms with Crippen LogP contribution in [0.2, 0.25) is 0 Å². The van der Waals surface area contributed by atoms with E-state index in [9.17, 15) is 28.3 Å². The summed E-state index contributed by atoms with van der Waals surface area (Å²) in [5, 5.41) is 12.9. The van der Waals surface area contributed by atoms with Gasteiger partial charge in [0, 0.05) is 30.9 Å². The molecule has 7 nitrogen and oxygen atoms in total. The van der Waals surface area contributed by atoms with E-state index in [4.69, 9.17) is 0 Å². The highest BCUT2D eigenvalue weighted by Crippen LogP contribution is 2.34. The monoisotopic (exact) mass is 445 g/mol. The summed E-state index contributed by atoms with van der Waals surface area (Å²) >= 11 is 0. The van der Waals surface area contributed by atoms with Crippen LogP contribution in [0.15, 0.2) is 23.1 Å². The van der Waals surface area contributed by atoms with Crippen molar-refractivity contribution in [3.05, 3.63) is 62.6 Å². The lowest BCUT2D eigenvalue weighted by Crippen LogP contribution is -2.48. The number of pyridine rings is 1. The molecule has 1 fully saturated rings. The van der Waals surface area contributed by atoms with Crippen molar-refractivity contribution in [2.24, 2.45) is 0 Å². The quantitative estimate of drug-likeness (QED) is 0.757. The molecule has 1 aromatic heterocycles. The van der Waals surface area contributed by atoms with Crippen LogP contribution in [0.25, 0.3) is 0 Å². The normalized spacial score (nSPS) is 20.0. The van der Waals surface area contributed by atoms with Crippen LogP contribution in [0, 0.1) is 18.6 Å². The Hall–Kier alpha value is -3.23. The highest BCUT2D eigenvalue weighted by Gasteiger charge is 2.39.